The Morgan fingerprint density at radius 2 is 2.00 bits per heavy atom. The van der Waals surface area contributed by atoms with Gasteiger partial charge in [-0.1, -0.05) is 0 Å². The Morgan fingerprint density at radius 3 is 2.20 bits per heavy atom. The Morgan fingerprint density at radius 1 is 1.40 bits per heavy atom. The molecule has 54 valence electrons. The standard InChI is InChI=1S/C4H8BN3O2/c1-3-6-7-4(5(9)10)8(3)2/h9-10H,1-2H3. The van der Waals surface area contributed by atoms with E-state index in [-0.39, 0.29) is 5.72 Å². The highest BCUT2D eigenvalue weighted by Gasteiger charge is 2.18. The van der Waals surface area contributed by atoms with E-state index in [0.29, 0.717) is 5.82 Å². The third-order valence-electron chi connectivity index (χ3n) is 1.36. The topological polar surface area (TPSA) is 71.2 Å². The first-order valence-electron chi connectivity index (χ1n) is 2.85. The SMILES string of the molecule is Cc1nnc(B(O)O)n1C. The van der Waals surface area contributed by atoms with E-state index in [1.807, 2.05) is 0 Å². The fraction of sp³-hybridized carbons (Fsp3) is 0.500. The maximum atomic E-state index is 8.65. The Labute approximate surface area is 58.5 Å². The maximum Gasteiger partial charge on any atom is 0.528 e. The minimum Gasteiger partial charge on any atom is -0.421 e. The molecular weight excluding hydrogens is 133 g/mol. The van der Waals surface area contributed by atoms with Gasteiger partial charge in [-0.25, -0.2) is 0 Å². The maximum absolute atomic E-state index is 8.65. The molecule has 0 bridgehead atoms. The third kappa shape index (κ3) is 1.03. The van der Waals surface area contributed by atoms with Gasteiger partial charge in [0.15, 0.2) is 5.72 Å². The van der Waals surface area contributed by atoms with E-state index in [2.05, 4.69) is 10.2 Å². The van der Waals surface area contributed by atoms with Crippen LogP contribution in [0.2, 0.25) is 0 Å². The number of aromatic nitrogens is 3. The quantitative estimate of drug-likeness (QED) is 0.435. The van der Waals surface area contributed by atoms with Gasteiger partial charge in [-0.05, 0) is 6.92 Å². The molecular formula is C4H8BN3O2. The van der Waals surface area contributed by atoms with Crippen molar-refractivity contribution in [1.29, 1.82) is 0 Å². The molecule has 0 atom stereocenters. The summed E-state index contributed by atoms with van der Waals surface area (Å²) in [6.45, 7) is 1.74. The molecule has 6 heteroatoms. The number of nitrogens with zero attached hydrogens (tertiary/aromatic N) is 3. The van der Waals surface area contributed by atoms with Gasteiger partial charge in [0.25, 0.3) is 0 Å². The predicted molar refractivity (Wildman–Crippen MR) is 35.6 cm³/mol. The van der Waals surface area contributed by atoms with Crippen LogP contribution in [0.4, 0.5) is 0 Å². The van der Waals surface area contributed by atoms with Crippen LogP contribution in [-0.4, -0.2) is 31.9 Å². The van der Waals surface area contributed by atoms with Gasteiger partial charge in [-0.15, -0.1) is 10.2 Å². The molecule has 0 aliphatic carbocycles. The van der Waals surface area contributed by atoms with Crippen molar-refractivity contribution >= 4 is 12.8 Å². The molecule has 0 unspecified atom stereocenters. The fourth-order valence-corrected chi connectivity index (χ4v) is 0.648. The average Bonchev–Trinajstić information content (AvgIpc) is 2.14. The van der Waals surface area contributed by atoms with E-state index in [9.17, 15) is 0 Å². The number of hydrogen-bond donors (Lipinski definition) is 2. The van der Waals surface area contributed by atoms with Crippen LogP contribution < -0.4 is 5.72 Å². The number of hydrogen-bond acceptors (Lipinski definition) is 4. The molecule has 10 heavy (non-hydrogen) atoms. The van der Waals surface area contributed by atoms with Crippen LogP contribution in [0.25, 0.3) is 0 Å². The Hall–Kier alpha value is -0.875. The zero-order valence-corrected chi connectivity index (χ0v) is 5.81. The minimum atomic E-state index is -1.54. The van der Waals surface area contributed by atoms with Gasteiger partial charge in [-0.3, -0.25) is 0 Å². The van der Waals surface area contributed by atoms with Crippen LogP contribution >= 0.6 is 0 Å². The van der Waals surface area contributed by atoms with E-state index < -0.39 is 7.12 Å². The molecule has 0 spiro atoms. The molecule has 5 nitrogen and oxygen atoms in total. The summed E-state index contributed by atoms with van der Waals surface area (Å²) in [6.07, 6.45) is 0. The highest BCUT2D eigenvalue weighted by molar-refractivity contribution is 6.56. The summed E-state index contributed by atoms with van der Waals surface area (Å²) in [5.41, 5.74) is 0.164. The number of rotatable bonds is 1. The van der Waals surface area contributed by atoms with Crippen molar-refractivity contribution in [3.63, 3.8) is 0 Å². The second kappa shape index (κ2) is 2.39. The zero-order valence-electron chi connectivity index (χ0n) is 5.81. The molecule has 0 radical (unpaired) electrons. The molecule has 1 aromatic rings. The molecule has 1 aromatic heterocycles. The highest BCUT2D eigenvalue weighted by atomic mass is 16.4. The van der Waals surface area contributed by atoms with Crippen molar-refractivity contribution < 1.29 is 10.0 Å². The second-order valence-corrected chi connectivity index (χ2v) is 2.04. The summed E-state index contributed by atoms with van der Waals surface area (Å²) in [7, 11) is 0.135. The van der Waals surface area contributed by atoms with Gasteiger partial charge in [-0.2, -0.15) is 0 Å². The number of aryl methyl sites for hydroxylation is 1. The predicted octanol–water partition coefficient (Wildman–Crippen LogP) is -2.20. The smallest absolute Gasteiger partial charge is 0.421 e. The van der Waals surface area contributed by atoms with Gasteiger partial charge in [0, 0.05) is 7.05 Å². The highest BCUT2D eigenvalue weighted by Crippen LogP contribution is 1.84. The monoisotopic (exact) mass is 141 g/mol. The van der Waals surface area contributed by atoms with E-state index in [1.165, 1.54) is 4.57 Å². The van der Waals surface area contributed by atoms with Gasteiger partial charge >= 0.3 is 7.12 Å². The molecule has 0 aliphatic heterocycles. The van der Waals surface area contributed by atoms with Crippen molar-refractivity contribution in [2.75, 3.05) is 0 Å². The van der Waals surface area contributed by atoms with Crippen LogP contribution in [-0.2, 0) is 7.05 Å². The van der Waals surface area contributed by atoms with Crippen LogP contribution in [0.5, 0.6) is 0 Å². The molecule has 0 amide bonds. The first kappa shape index (κ1) is 7.23. The average molecular weight is 141 g/mol. The third-order valence-corrected chi connectivity index (χ3v) is 1.36. The molecule has 0 saturated heterocycles. The summed E-state index contributed by atoms with van der Waals surface area (Å²) in [4.78, 5) is 0. The van der Waals surface area contributed by atoms with Crippen LogP contribution in [0.15, 0.2) is 0 Å². The normalized spacial score (nSPS) is 10.0. The molecule has 0 saturated carbocycles. The Balaban J connectivity index is 3.05. The lowest BCUT2D eigenvalue weighted by atomic mass is 9.91. The minimum absolute atomic E-state index is 0.164. The lowest BCUT2D eigenvalue weighted by Crippen LogP contribution is -2.37. The summed E-state index contributed by atoms with van der Waals surface area (Å²) in [5, 5.41) is 24.5. The molecule has 0 aromatic carbocycles. The summed E-state index contributed by atoms with van der Waals surface area (Å²) in [6, 6.07) is 0. The van der Waals surface area contributed by atoms with Gasteiger partial charge in [0.05, 0.1) is 0 Å². The van der Waals surface area contributed by atoms with Crippen molar-refractivity contribution in [2.45, 2.75) is 6.92 Å². The van der Waals surface area contributed by atoms with E-state index in [1.54, 1.807) is 14.0 Å². The van der Waals surface area contributed by atoms with Gasteiger partial charge < -0.3 is 14.6 Å². The van der Waals surface area contributed by atoms with E-state index in [4.69, 9.17) is 10.0 Å². The van der Waals surface area contributed by atoms with Gasteiger partial charge in [0.1, 0.15) is 5.82 Å². The van der Waals surface area contributed by atoms with Crippen molar-refractivity contribution in [1.82, 2.24) is 14.8 Å². The first-order valence-corrected chi connectivity index (χ1v) is 2.85. The largest absolute Gasteiger partial charge is 0.528 e. The molecule has 0 fully saturated rings. The van der Waals surface area contributed by atoms with E-state index in [0.717, 1.165) is 0 Å². The molecule has 1 heterocycles. The van der Waals surface area contributed by atoms with Crippen LogP contribution in [0.1, 0.15) is 5.82 Å². The van der Waals surface area contributed by atoms with Crippen molar-refractivity contribution in [3.8, 4) is 0 Å². The zero-order chi connectivity index (χ0) is 7.72. The summed E-state index contributed by atoms with van der Waals surface area (Å²) < 4.78 is 1.52. The lowest BCUT2D eigenvalue weighted by Gasteiger charge is -1.97. The lowest BCUT2D eigenvalue weighted by molar-refractivity contribution is 0.420. The van der Waals surface area contributed by atoms with Gasteiger partial charge in [0.2, 0.25) is 0 Å². The Bertz CT molecular complexity index is 234. The molecule has 1 rings (SSSR count). The van der Waals surface area contributed by atoms with Crippen LogP contribution in [0.3, 0.4) is 0 Å². The molecule has 0 aliphatic rings. The Kier molecular flexibility index (Phi) is 1.73. The van der Waals surface area contributed by atoms with Crippen LogP contribution in [0, 0.1) is 6.92 Å². The van der Waals surface area contributed by atoms with E-state index >= 15 is 0 Å². The second-order valence-electron chi connectivity index (χ2n) is 2.04. The summed E-state index contributed by atoms with van der Waals surface area (Å²) in [5.74, 6) is 0.656. The fourth-order valence-electron chi connectivity index (χ4n) is 0.648. The van der Waals surface area contributed by atoms with Crippen molar-refractivity contribution in [3.05, 3.63) is 5.82 Å². The molecule has 2 N–H and O–H groups in total. The summed E-state index contributed by atoms with van der Waals surface area (Å²) >= 11 is 0. The first-order chi connectivity index (χ1) is 4.63. The van der Waals surface area contributed by atoms with Crippen molar-refractivity contribution in [2.24, 2.45) is 7.05 Å².